The van der Waals surface area contributed by atoms with Crippen LogP contribution in [0.4, 0.5) is 5.69 Å². The second kappa shape index (κ2) is 7.79. The summed E-state index contributed by atoms with van der Waals surface area (Å²) in [6, 6.07) is 15.4. The third-order valence-electron chi connectivity index (χ3n) is 4.92. The van der Waals surface area contributed by atoms with Crippen LogP contribution in [-0.4, -0.2) is 31.5 Å². The average molecular weight is 423 g/mol. The van der Waals surface area contributed by atoms with Gasteiger partial charge in [-0.05, 0) is 48.0 Å². The normalized spacial score (nSPS) is 18.2. The van der Waals surface area contributed by atoms with E-state index in [0.717, 1.165) is 10.8 Å². The number of fused-ring (bicyclic) bond motifs is 1. The smallest absolute Gasteiger partial charge is 0.272 e. The van der Waals surface area contributed by atoms with Crippen LogP contribution in [0.3, 0.4) is 0 Å². The fourth-order valence-electron chi connectivity index (χ4n) is 3.23. The van der Waals surface area contributed by atoms with Crippen molar-refractivity contribution in [1.82, 2.24) is 10.3 Å². The molecule has 1 aliphatic heterocycles. The molecule has 2 N–H and O–H groups in total. The molecule has 0 radical (unpaired) electrons. The molecule has 0 saturated heterocycles. The van der Waals surface area contributed by atoms with Gasteiger partial charge in [-0.25, -0.2) is 13.4 Å². The first-order valence-electron chi connectivity index (χ1n) is 9.44. The zero-order valence-electron chi connectivity index (χ0n) is 16.3. The summed E-state index contributed by atoms with van der Waals surface area (Å²) < 4.78 is 33.9. The van der Waals surface area contributed by atoms with Crippen LogP contribution in [0.25, 0.3) is 10.8 Å². The third-order valence-corrected chi connectivity index (χ3v) is 6.28. The summed E-state index contributed by atoms with van der Waals surface area (Å²) in [6.07, 6.45) is 5.61. The van der Waals surface area contributed by atoms with Gasteiger partial charge in [-0.15, -0.1) is 0 Å². The summed E-state index contributed by atoms with van der Waals surface area (Å²) in [5.74, 6) is -0.483. The van der Waals surface area contributed by atoms with Crippen molar-refractivity contribution in [3.8, 4) is 0 Å². The van der Waals surface area contributed by atoms with E-state index < -0.39 is 21.5 Å². The molecule has 0 fully saturated rings. The lowest BCUT2D eigenvalue weighted by molar-refractivity contribution is 0.0579. The molecule has 4 rings (SSSR count). The summed E-state index contributed by atoms with van der Waals surface area (Å²) in [4.78, 5) is 16.9. The highest BCUT2D eigenvalue weighted by Crippen LogP contribution is 2.24. The van der Waals surface area contributed by atoms with E-state index in [2.05, 4.69) is 15.0 Å². The minimum Gasteiger partial charge on any atom is -0.493 e. The molecule has 2 heterocycles. The molecule has 0 saturated carbocycles. The van der Waals surface area contributed by atoms with E-state index in [0.29, 0.717) is 6.42 Å². The highest BCUT2D eigenvalue weighted by molar-refractivity contribution is 7.92. The summed E-state index contributed by atoms with van der Waals surface area (Å²) >= 11 is 0. The Bertz CT molecular complexity index is 1230. The van der Waals surface area contributed by atoms with Crippen molar-refractivity contribution < 1.29 is 17.9 Å². The van der Waals surface area contributed by atoms with E-state index in [1.807, 2.05) is 37.3 Å². The average Bonchev–Trinajstić information content (AvgIpc) is 3.18. The first-order valence-corrected chi connectivity index (χ1v) is 10.9. The summed E-state index contributed by atoms with van der Waals surface area (Å²) in [5.41, 5.74) is -0.412. The fourth-order valence-corrected chi connectivity index (χ4v) is 4.33. The number of nitrogens with zero attached hydrogens (tertiary/aromatic N) is 1. The molecule has 7 nitrogen and oxygen atoms in total. The molecule has 1 atom stereocenters. The van der Waals surface area contributed by atoms with Gasteiger partial charge in [-0.1, -0.05) is 30.3 Å². The quantitative estimate of drug-likeness (QED) is 0.633. The number of sulfonamides is 1. The molecule has 8 heteroatoms. The second-order valence-corrected chi connectivity index (χ2v) is 9.02. The highest BCUT2D eigenvalue weighted by Gasteiger charge is 2.29. The van der Waals surface area contributed by atoms with Gasteiger partial charge in [0.25, 0.3) is 15.9 Å². The number of benzene rings is 2. The maximum Gasteiger partial charge on any atom is 0.272 e. The van der Waals surface area contributed by atoms with Crippen LogP contribution >= 0.6 is 0 Å². The number of carbonyl (C=O) groups excluding carboxylic acids is 1. The highest BCUT2D eigenvalue weighted by atomic mass is 32.2. The Morgan fingerprint density at radius 3 is 2.70 bits per heavy atom. The van der Waals surface area contributed by atoms with Crippen molar-refractivity contribution in [1.29, 1.82) is 0 Å². The van der Waals surface area contributed by atoms with Gasteiger partial charge in [0.1, 0.15) is 5.60 Å². The van der Waals surface area contributed by atoms with Gasteiger partial charge in [-0.2, -0.15) is 0 Å². The molecule has 3 aromatic rings. The molecule has 1 amide bonds. The van der Waals surface area contributed by atoms with Crippen LogP contribution in [0.15, 0.2) is 78.0 Å². The van der Waals surface area contributed by atoms with Gasteiger partial charge >= 0.3 is 0 Å². The van der Waals surface area contributed by atoms with Gasteiger partial charge in [0.15, 0.2) is 5.69 Å². The molecular formula is C22H21N3O4S. The van der Waals surface area contributed by atoms with Crippen molar-refractivity contribution in [3.63, 3.8) is 0 Å². The largest absolute Gasteiger partial charge is 0.493 e. The number of hydrogen-bond acceptors (Lipinski definition) is 5. The first kappa shape index (κ1) is 19.9. The van der Waals surface area contributed by atoms with Crippen LogP contribution in [0, 0.1) is 0 Å². The van der Waals surface area contributed by atoms with E-state index in [-0.39, 0.29) is 22.8 Å². The number of pyridine rings is 1. The Hall–Kier alpha value is -3.39. The van der Waals surface area contributed by atoms with Crippen molar-refractivity contribution in [2.75, 3.05) is 11.3 Å². The van der Waals surface area contributed by atoms with Gasteiger partial charge < -0.3 is 10.1 Å². The number of nitrogens with one attached hydrogen (secondary N) is 2. The van der Waals surface area contributed by atoms with Crippen LogP contribution < -0.4 is 10.0 Å². The van der Waals surface area contributed by atoms with Crippen LogP contribution in [-0.2, 0) is 14.8 Å². The maximum atomic E-state index is 12.9. The van der Waals surface area contributed by atoms with Gasteiger partial charge in [0.2, 0.25) is 0 Å². The van der Waals surface area contributed by atoms with Crippen molar-refractivity contribution in [2.45, 2.75) is 23.8 Å². The first-order chi connectivity index (χ1) is 14.4. The Labute approximate surface area is 174 Å². The number of hydrogen-bond donors (Lipinski definition) is 2. The molecule has 1 aromatic heterocycles. The van der Waals surface area contributed by atoms with Gasteiger partial charge in [0.05, 0.1) is 23.4 Å². The molecule has 1 aliphatic rings. The topological polar surface area (TPSA) is 97.4 Å². The number of carbonyl (C=O) groups is 1. The Kier molecular flexibility index (Phi) is 5.17. The molecule has 0 aliphatic carbocycles. The van der Waals surface area contributed by atoms with E-state index in [1.165, 1.54) is 18.3 Å². The lowest BCUT2D eigenvalue weighted by Gasteiger charge is -2.24. The zero-order valence-corrected chi connectivity index (χ0v) is 17.1. The lowest BCUT2D eigenvalue weighted by Crippen LogP contribution is -2.40. The molecule has 154 valence electrons. The third kappa shape index (κ3) is 4.13. The Balaban J connectivity index is 1.56. The van der Waals surface area contributed by atoms with Crippen molar-refractivity contribution >= 4 is 32.4 Å². The van der Waals surface area contributed by atoms with E-state index in [9.17, 15) is 13.2 Å². The predicted molar refractivity (Wildman–Crippen MR) is 115 cm³/mol. The van der Waals surface area contributed by atoms with Crippen LogP contribution in [0.1, 0.15) is 23.8 Å². The Morgan fingerprint density at radius 2 is 1.93 bits per heavy atom. The van der Waals surface area contributed by atoms with Gasteiger partial charge in [-0.3, -0.25) is 9.52 Å². The zero-order chi connectivity index (χ0) is 21.2. The Morgan fingerprint density at radius 1 is 1.13 bits per heavy atom. The minimum atomic E-state index is -3.91. The lowest BCUT2D eigenvalue weighted by atomic mass is 10.0. The molecule has 2 aromatic carbocycles. The van der Waals surface area contributed by atoms with E-state index in [1.54, 1.807) is 24.5 Å². The second-order valence-electron chi connectivity index (χ2n) is 7.34. The van der Waals surface area contributed by atoms with Crippen LogP contribution in [0.2, 0.25) is 0 Å². The summed E-state index contributed by atoms with van der Waals surface area (Å²) in [7, 11) is -3.91. The minimum absolute atomic E-state index is 0.00331. The summed E-state index contributed by atoms with van der Waals surface area (Å²) in [6.45, 7) is 2.15. The van der Waals surface area contributed by atoms with Crippen molar-refractivity contribution in [2.24, 2.45) is 0 Å². The maximum absolute atomic E-state index is 12.9. The summed E-state index contributed by atoms with van der Waals surface area (Å²) in [5, 5.41) is 4.52. The number of aromatic nitrogens is 1. The molecule has 0 bridgehead atoms. The fraction of sp³-hybridized carbons (Fsp3) is 0.182. The SMILES string of the molecule is CC1(CNC(=O)c2ncccc2NS(=O)(=O)c2ccc3ccccc3c2)CC=CO1. The van der Waals surface area contributed by atoms with Crippen molar-refractivity contribution in [3.05, 3.63) is 78.8 Å². The van der Waals surface area contributed by atoms with Crippen LogP contribution in [0.5, 0.6) is 0 Å². The van der Waals surface area contributed by atoms with Gasteiger partial charge in [0, 0.05) is 12.6 Å². The molecule has 1 unspecified atom stereocenters. The number of ether oxygens (including phenoxy) is 1. The van der Waals surface area contributed by atoms with E-state index >= 15 is 0 Å². The predicted octanol–water partition coefficient (Wildman–Crippen LogP) is 3.46. The number of rotatable bonds is 6. The molecular weight excluding hydrogens is 402 g/mol. The molecule has 30 heavy (non-hydrogen) atoms. The standard InChI is InChI=1S/C22H21N3O4S/c1-22(11-5-13-29-22)15-24-21(26)20-19(8-4-12-23-20)25-30(27,28)18-10-9-16-6-2-3-7-17(16)14-18/h2-10,12-14,25H,11,15H2,1H3,(H,24,26). The molecule has 0 spiro atoms. The monoisotopic (exact) mass is 423 g/mol. The number of anilines is 1. The number of amides is 1. The van der Waals surface area contributed by atoms with E-state index in [4.69, 9.17) is 4.74 Å².